The Balaban J connectivity index is 1.42. The van der Waals surface area contributed by atoms with Crippen LogP contribution in [0.4, 0.5) is 0 Å². The topological polar surface area (TPSA) is 156 Å². The van der Waals surface area contributed by atoms with Crippen LogP contribution in [-0.2, 0) is 38.0 Å². The molecule has 1 saturated carbocycles. The molecule has 0 radical (unpaired) electrons. The summed E-state index contributed by atoms with van der Waals surface area (Å²) in [6, 6.07) is 1.85. The van der Waals surface area contributed by atoms with Crippen molar-refractivity contribution in [3.8, 4) is 0 Å². The number of fused-ring (bicyclic) bond motifs is 2. The first-order chi connectivity index (χ1) is 20.3. The van der Waals surface area contributed by atoms with Crippen molar-refractivity contribution in [1.82, 2.24) is 0 Å². The second-order valence-electron chi connectivity index (χ2n) is 11.9. The number of carbonyl (C=O) groups is 1. The van der Waals surface area contributed by atoms with Crippen LogP contribution in [0, 0.1) is 23.2 Å². The zero-order valence-corrected chi connectivity index (χ0v) is 24.5. The molecule has 0 bridgehead atoms. The molecule has 3 N–H and O–H groups in total. The van der Waals surface area contributed by atoms with E-state index >= 15 is 0 Å². The van der Waals surface area contributed by atoms with E-state index in [0.29, 0.717) is 19.4 Å². The van der Waals surface area contributed by atoms with Crippen LogP contribution >= 0.6 is 0 Å². The number of cyclic esters (lactones) is 1. The molecule has 42 heavy (non-hydrogen) atoms. The molecule has 2 aliphatic carbocycles. The number of furan rings is 1. The summed E-state index contributed by atoms with van der Waals surface area (Å²) in [5.74, 6) is -0.303. The van der Waals surface area contributed by atoms with Crippen molar-refractivity contribution in [3.63, 3.8) is 0 Å². The van der Waals surface area contributed by atoms with Crippen molar-refractivity contribution < 1.29 is 57.7 Å². The largest absolute Gasteiger partial charge is 0.472 e. The Morgan fingerprint density at radius 3 is 2.64 bits per heavy atom. The van der Waals surface area contributed by atoms with Crippen LogP contribution < -0.4 is 0 Å². The van der Waals surface area contributed by atoms with Crippen molar-refractivity contribution in [2.45, 2.75) is 75.8 Å². The number of hydrogen-bond donors (Lipinski definition) is 3. The van der Waals surface area contributed by atoms with Crippen LogP contribution in [0.1, 0.15) is 50.7 Å². The first kappa shape index (κ1) is 31.6. The van der Waals surface area contributed by atoms with Gasteiger partial charge in [-0.1, -0.05) is 12.5 Å². The number of aliphatic hydroxyl groups is 3. The van der Waals surface area contributed by atoms with E-state index in [1.807, 2.05) is 6.07 Å². The molecule has 10 atom stereocenters. The molecular formula is C30H44O12. The monoisotopic (exact) mass is 596 g/mol. The summed E-state index contributed by atoms with van der Waals surface area (Å²) in [4.78, 5) is 13.8. The Kier molecular flexibility index (Phi) is 10.4. The molecule has 2 saturated heterocycles. The van der Waals surface area contributed by atoms with Crippen molar-refractivity contribution in [2.75, 3.05) is 47.6 Å². The maximum atomic E-state index is 13.8. The molecule has 236 valence electrons. The zero-order valence-electron chi connectivity index (χ0n) is 24.5. The lowest BCUT2D eigenvalue weighted by atomic mass is 9.52. The van der Waals surface area contributed by atoms with Gasteiger partial charge in [-0.15, -0.1) is 0 Å². The average molecular weight is 597 g/mol. The summed E-state index contributed by atoms with van der Waals surface area (Å²) >= 11 is 0. The first-order valence-electron chi connectivity index (χ1n) is 14.7. The molecule has 3 heterocycles. The fourth-order valence-electron chi connectivity index (χ4n) is 7.57. The molecule has 3 fully saturated rings. The zero-order chi connectivity index (χ0) is 29.9. The van der Waals surface area contributed by atoms with Crippen LogP contribution in [0.25, 0.3) is 0 Å². The van der Waals surface area contributed by atoms with E-state index in [-0.39, 0.29) is 50.0 Å². The van der Waals surface area contributed by atoms with Gasteiger partial charge in [0.2, 0.25) is 0 Å². The van der Waals surface area contributed by atoms with Gasteiger partial charge in [-0.2, -0.15) is 0 Å². The Labute approximate surface area is 245 Å². The second-order valence-corrected chi connectivity index (χ2v) is 11.9. The maximum Gasteiger partial charge on any atom is 0.313 e. The van der Waals surface area contributed by atoms with Gasteiger partial charge in [0.25, 0.3) is 0 Å². The number of aliphatic hydroxyl groups excluding tert-OH is 3. The van der Waals surface area contributed by atoms with E-state index < -0.39 is 42.7 Å². The van der Waals surface area contributed by atoms with Crippen LogP contribution in [0.5, 0.6) is 0 Å². The average Bonchev–Trinajstić information content (AvgIpc) is 3.65. The lowest BCUT2D eigenvalue weighted by Crippen LogP contribution is -2.60. The first-order valence-corrected chi connectivity index (χ1v) is 14.7. The summed E-state index contributed by atoms with van der Waals surface area (Å²) in [5, 5.41) is 30.9. The predicted octanol–water partition coefficient (Wildman–Crippen LogP) is 2.07. The Bertz CT molecular complexity index is 1060. The molecule has 4 aliphatic rings. The molecule has 0 amide bonds. The number of esters is 1. The van der Waals surface area contributed by atoms with E-state index in [1.165, 1.54) is 7.11 Å². The highest BCUT2D eigenvalue weighted by Gasteiger charge is 2.62. The molecule has 1 aromatic rings. The highest BCUT2D eigenvalue weighted by molar-refractivity contribution is 5.81. The molecule has 12 nitrogen and oxygen atoms in total. The standard InChI is InChI=1S/C30H44O12/c1-17-9-20(14-39-28-27(40-16-36-3)26(33)25(32)23(11-31)41-28)24-19(13-38-15-35-2)5-4-6-21(24)30(17)10-22(42-29(30)34)18-7-8-37-12-18/h7-8,12,17,20-23,25-28,31-33H,4-6,9-11,13-16H2,1-3H3/t17-,20+,21+,22+,23+,25-,26+,27+,28-,30-/m1/s1. The van der Waals surface area contributed by atoms with Crippen LogP contribution in [0.15, 0.2) is 34.2 Å². The molecule has 0 unspecified atom stereocenters. The van der Waals surface area contributed by atoms with Gasteiger partial charge in [0.1, 0.15) is 44.1 Å². The van der Waals surface area contributed by atoms with Crippen molar-refractivity contribution in [2.24, 2.45) is 23.2 Å². The molecule has 1 spiro atoms. The number of rotatable bonds is 12. The van der Waals surface area contributed by atoms with E-state index in [0.717, 1.165) is 36.0 Å². The smallest absolute Gasteiger partial charge is 0.313 e. The minimum Gasteiger partial charge on any atom is -0.472 e. The number of ether oxygens (including phenoxy) is 7. The lowest BCUT2D eigenvalue weighted by Gasteiger charge is -2.51. The van der Waals surface area contributed by atoms with E-state index in [2.05, 4.69) is 6.92 Å². The normalized spacial score (nSPS) is 38.6. The minimum absolute atomic E-state index is 0.00564. The van der Waals surface area contributed by atoms with Gasteiger partial charge in [0, 0.05) is 32.1 Å². The Hall–Kier alpha value is -1.87. The minimum atomic E-state index is -1.35. The van der Waals surface area contributed by atoms with Gasteiger partial charge in [-0.3, -0.25) is 4.79 Å². The summed E-state index contributed by atoms with van der Waals surface area (Å²) in [6.45, 7) is 2.25. The van der Waals surface area contributed by atoms with Gasteiger partial charge >= 0.3 is 5.97 Å². The summed E-state index contributed by atoms with van der Waals surface area (Å²) in [6.07, 6.45) is 0.894. The van der Waals surface area contributed by atoms with Crippen molar-refractivity contribution in [1.29, 1.82) is 0 Å². The van der Waals surface area contributed by atoms with Gasteiger partial charge in [-0.05, 0) is 49.2 Å². The number of hydrogen-bond acceptors (Lipinski definition) is 12. The van der Waals surface area contributed by atoms with Crippen LogP contribution in [0.3, 0.4) is 0 Å². The van der Waals surface area contributed by atoms with E-state index in [4.69, 9.17) is 37.6 Å². The molecule has 0 aromatic carbocycles. The van der Waals surface area contributed by atoms with E-state index in [1.54, 1.807) is 19.6 Å². The van der Waals surface area contributed by atoms with Gasteiger partial charge in [0.15, 0.2) is 6.29 Å². The van der Waals surface area contributed by atoms with Crippen LogP contribution in [-0.4, -0.2) is 99.6 Å². The third-order valence-electron chi connectivity index (χ3n) is 9.54. The molecular weight excluding hydrogens is 552 g/mol. The summed E-state index contributed by atoms with van der Waals surface area (Å²) < 4.78 is 45.0. The third kappa shape index (κ3) is 5.93. The van der Waals surface area contributed by atoms with Gasteiger partial charge in [0.05, 0.1) is 37.8 Å². The summed E-state index contributed by atoms with van der Waals surface area (Å²) in [5.41, 5.74) is 2.47. The van der Waals surface area contributed by atoms with Crippen molar-refractivity contribution >= 4 is 5.97 Å². The van der Waals surface area contributed by atoms with Gasteiger partial charge in [-0.25, -0.2) is 0 Å². The third-order valence-corrected chi connectivity index (χ3v) is 9.54. The van der Waals surface area contributed by atoms with Gasteiger partial charge < -0.3 is 52.9 Å². The molecule has 2 aliphatic heterocycles. The van der Waals surface area contributed by atoms with E-state index in [9.17, 15) is 20.1 Å². The maximum absolute atomic E-state index is 13.8. The Morgan fingerprint density at radius 2 is 1.93 bits per heavy atom. The Morgan fingerprint density at radius 1 is 1.12 bits per heavy atom. The highest BCUT2D eigenvalue weighted by atomic mass is 16.7. The molecule has 12 heteroatoms. The predicted molar refractivity (Wildman–Crippen MR) is 145 cm³/mol. The van der Waals surface area contributed by atoms with Crippen molar-refractivity contribution in [3.05, 3.63) is 35.3 Å². The lowest BCUT2D eigenvalue weighted by molar-refractivity contribution is -0.320. The number of carbonyl (C=O) groups excluding carboxylic acids is 1. The highest BCUT2D eigenvalue weighted by Crippen LogP contribution is 2.62. The van der Waals surface area contributed by atoms with Crippen LogP contribution in [0.2, 0.25) is 0 Å². The summed E-state index contributed by atoms with van der Waals surface area (Å²) in [7, 11) is 3.03. The SMILES string of the molecule is COCOCC1=C2[C@H](CO[C@@H]3O[C@@H](CO)[C@@H](O)[C@H](O)[C@@H]3OCOC)C[C@@H](C)[C@]3(C[C@@H](c4ccoc4)OC3=O)[C@H]2CCC1. The fraction of sp³-hybridized carbons (Fsp3) is 0.767. The molecule has 5 rings (SSSR count). The number of methoxy groups -OCH3 is 2. The fourth-order valence-corrected chi connectivity index (χ4v) is 7.57. The second kappa shape index (κ2) is 13.8. The quantitative estimate of drug-likeness (QED) is 0.140. The molecule has 1 aromatic heterocycles.